The van der Waals surface area contributed by atoms with Crippen LogP contribution in [0, 0.1) is 0 Å². The number of hydrogen-bond acceptors (Lipinski definition) is 1. The van der Waals surface area contributed by atoms with Crippen molar-refractivity contribution >= 4 is 11.6 Å². The van der Waals surface area contributed by atoms with Gasteiger partial charge in [-0.15, -0.1) is 11.6 Å². The van der Waals surface area contributed by atoms with Crippen molar-refractivity contribution in [1.82, 2.24) is 4.98 Å². The number of aliphatic hydroxyl groups excluding tert-OH is 1. The Morgan fingerprint density at radius 1 is 1.70 bits per heavy atom. The van der Waals surface area contributed by atoms with Crippen LogP contribution in [-0.2, 0) is 6.42 Å². The monoisotopic (exact) mass is 159 g/mol. The van der Waals surface area contributed by atoms with Gasteiger partial charge in [-0.2, -0.15) is 0 Å². The molecule has 0 spiro atoms. The number of aliphatic hydroxyl groups is 1. The first kappa shape index (κ1) is 7.63. The van der Waals surface area contributed by atoms with Gasteiger partial charge in [0.1, 0.15) is 0 Å². The summed E-state index contributed by atoms with van der Waals surface area (Å²) in [5.41, 5.74) is 1.09. The molecule has 56 valence electrons. The van der Waals surface area contributed by atoms with Crippen LogP contribution in [0.4, 0.5) is 0 Å². The summed E-state index contributed by atoms with van der Waals surface area (Å²) in [6.07, 6.45) is 3.90. The lowest BCUT2D eigenvalue weighted by Gasteiger charge is -2.02. The zero-order valence-electron chi connectivity index (χ0n) is 5.55. The summed E-state index contributed by atoms with van der Waals surface area (Å²) in [7, 11) is 0. The van der Waals surface area contributed by atoms with Gasteiger partial charge in [-0.3, -0.25) is 0 Å². The van der Waals surface area contributed by atoms with Gasteiger partial charge in [-0.25, -0.2) is 0 Å². The fourth-order valence-corrected chi connectivity index (χ4v) is 0.921. The maximum Gasteiger partial charge on any atom is 0.0716 e. The molecule has 0 bridgehead atoms. The molecule has 0 aromatic carbocycles. The third-order valence-corrected chi connectivity index (χ3v) is 1.67. The van der Waals surface area contributed by atoms with Crippen LogP contribution in [0.1, 0.15) is 5.56 Å². The van der Waals surface area contributed by atoms with E-state index in [1.54, 1.807) is 0 Å². The van der Waals surface area contributed by atoms with Gasteiger partial charge in [0.15, 0.2) is 0 Å². The topological polar surface area (TPSA) is 36.0 Å². The van der Waals surface area contributed by atoms with Crippen molar-refractivity contribution in [3.8, 4) is 0 Å². The molecule has 1 rings (SSSR count). The van der Waals surface area contributed by atoms with Crippen LogP contribution < -0.4 is 0 Å². The van der Waals surface area contributed by atoms with E-state index in [0.717, 1.165) is 5.56 Å². The number of rotatable bonds is 3. The molecular formula is C7H10ClNO. The standard InChI is InChI=1S/C7H10ClNO/c8-4-7(10)3-6-1-2-9-5-6/h1-2,5,7,9-10H,3-4H2. The first-order valence-electron chi connectivity index (χ1n) is 3.18. The minimum Gasteiger partial charge on any atom is -0.392 e. The van der Waals surface area contributed by atoms with E-state index in [2.05, 4.69) is 4.98 Å². The van der Waals surface area contributed by atoms with Crippen molar-refractivity contribution in [3.05, 3.63) is 24.0 Å². The smallest absolute Gasteiger partial charge is 0.0716 e. The zero-order valence-corrected chi connectivity index (χ0v) is 6.30. The molecule has 1 aromatic rings. The highest BCUT2D eigenvalue weighted by molar-refractivity contribution is 6.18. The zero-order chi connectivity index (χ0) is 7.40. The lowest BCUT2D eigenvalue weighted by molar-refractivity contribution is 0.199. The normalized spacial score (nSPS) is 13.4. The molecule has 1 unspecified atom stereocenters. The van der Waals surface area contributed by atoms with Gasteiger partial charge in [0, 0.05) is 24.7 Å². The highest BCUT2D eigenvalue weighted by Gasteiger charge is 2.02. The van der Waals surface area contributed by atoms with E-state index in [-0.39, 0.29) is 0 Å². The van der Waals surface area contributed by atoms with Crippen LogP contribution in [0.15, 0.2) is 18.5 Å². The fraction of sp³-hybridized carbons (Fsp3) is 0.429. The summed E-state index contributed by atoms with van der Waals surface area (Å²) in [6, 6.07) is 1.93. The highest BCUT2D eigenvalue weighted by Crippen LogP contribution is 2.02. The van der Waals surface area contributed by atoms with Gasteiger partial charge in [-0.1, -0.05) is 0 Å². The fourth-order valence-electron chi connectivity index (χ4n) is 0.812. The SMILES string of the molecule is OC(CCl)Cc1cc[nH]c1. The Morgan fingerprint density at radius 3 is 3.00 bits per heavy atom. The van der Waals surface area contributed by atoms with E-state index in [0.29, 0.717) is 12.3 Å². The van der Waals surface area contributed by atoms with E-state index >= 15 is 0 Å². The predicted octanol–water partition coefficient (Wildman–Crippen LogP) is 1.16. The number of nitrogens with one attached hydrogen (secondary N) is 1. The minimum atomic E-state index is -0.419. The van der Waals surface area contributed by atoms with Crippen molar-refractivity contribution in [2.45, 2.75) is 12.5 Å². The quantitative estimate of drug-likeness (QED) is 0.638. The van der Waals surface area contributed by atoms with Crippen LogP contribution in [0.25, 0.3) is 0 Å². The lowest BCUT2D eigenvalue weighted by atomic mass is 10.2. The summed E-state index contributed by atoms with van der Waals surface area (Å²) >= 11 is 5.41. The van der Waals surface area contributed by atoms with Crippen LogP contribution >= 0.6 is 11.6 Å². The van der Waals surface area contributed by atoms with Gasteiger partial charge < -0.3 is 10.1 Å². The van der Waals surface area contributed by atoms with E-state index in [4.69, 9.17) is 16.7 Å². The van der Waals surface area contributed by atoms with E-state index in [1.165, 1.54) is 0 Å². The molecule has 10 heavy (non-hydrogen) atoms. The number of aromatic nitrogens is 1. The second-order valence-electron chi connectivity index (χ2n) is 2.23. The van der Waals surface area contributed by atoms with Gasteiger partial charge in [0.05, 0.1) is 6.10 Å². The minimum absolute atomic E-state index is 0.297. The average Bonchev–Trinajstić information content (AvgIpc) is 2.40. The molecular weight excluding hydrogens is 150 g/mol. The number of H-pyrrole nitrogens is 1. The van der Waals surface area contributed by atoms with E-state index in [1.807, 2.05) is 18.5 Å². The molecule has 1 aromatic heterocycles. The molecule has 2 N–H and O–H groups in total. The van der Waals surface area contributed by atoms with Crippen LogP contribution in [0.3, 0.4) is 0 Å². The van der Waals surface area contributed by atoms with Crippen molar-refractivity contribution in [2.75, 3.05) is 5.88 Å². The number of alkyl halides is 1. The van der Waals surface area contributed by atoms with Crippen molar-refractivity contribution in [1.29, 1.82) is 0 Å². The highest BCUT2D eigenvalue weighted by atomic mass is 35.5. The Labute approximate surface area is 64.8 Å². The Morgan fingerprint density at radius 2 is 2.50 bits per heavy atom. The first-order valence-corrected chi connectivity index (χ1v) is 3.72. The molecule has 0 aliphatic rings. The van der Waals surface area contributed by atoms with Gasteiger partial charge >= 0.3 is 0 Å². The average molecular weight is 160 g/mol. The molecule has 2 nitrogen and oxygen atoms in total. The summed E-state index contributed by atoms with van der Waals surface area (Å²) in [5.74, 6) is 0.297. The number of aromatic amines is 1. The molecule has 1 heterocycles. The number of hydrogen-bond donors (Lipinski definition) is 2. The van der Waals surface area contributed by atoms with E-state index in [9.17, 15) is 0 Å². The molecule has 1 atom stereocenters. The maximum absolute atomic E-state index is 9.08. The molecule has 3 heteroatoms. The third-order valence-electron chi connectivity index (χ3n) is 1.31. The molecule has 0 amide bonds. The summed E-state index contributed by atoms with van der Waals surface area (Å²) in [4.78, 5) is 2.90. The second-order valence-corrected chi connectivity index (χ2v) is 2.54. The molecule has 0 fully saturated rings. The van der Waals surface area contributed by atoms with Gasteiger partial charge in [0.2, 0.25) is 0 Å². The first-order chi connectivity index (χ1) is 4.83. The van der Waals surface area contributed by atoms with Gasteiger partial charge in [0.25, 0.3) is 0 Å². The molecule has 0 saturated heterocycles. The Bertz CT molecular complexity index is 174. The molecule has 0 saturated carbocycles. The predicted molar refractivity (Wildman–Crippen MR) is 41.2 cm³/mol. The van der Waals surface area contributed by atoms with Crippen molar-refractivity contribution in [3.63, 3.8) is 0 Å². The number of halogens is 1. The molecule has 0 aliphatic heterocycles. The van der Waals surface area contributed by atoms with Crippen LogP contribution in [0.5, 0.6) is 0 Å². The van der Waals surface area contributed by atoms with Crippen molar-refractivity contribution in [2.24, 2.45) is 0 Å². The Kier molecular flexibility index (Phi) is 2.78. The molecule has 0 radical (unpaired) electrons. The molecule has 0 aliphatic carbocycles. The third kappa shape index (κ3) is 2.05. The summed E-state index contributed by atoms with van der Waals surface area (Å²) in [6.45, 7) is 0. The summed E-state index contributed by atoms with van der Waals surface area (Å²) in [5, 5.41) is 9.08. The summed E-state index contributed by atoms with van der Waals surface area (Å²) < 4.78 is 0. The van der Waals surface area contributed by atoms with Crippen LogP contribution in [0.2, 0.25) is 0 Å². The van der Waals surface area contributed by atoms with Crippen LogP contribution in [-0.4, -0.2) is 22.1 Å². The Hall–Kier alpha value is -0.470. The largest absolute Gasteiger partial charge is 0.392 e. The van der Waals surface area contributed by atoms with Crippen molar-refractivity contribution < 1.29 is 5.11 Å². The van der Waals surface area contributed by atoms with E-state index < -0.39 is 6.10 Å². The lowest BCUT2D eigenvalue weighted by Crippen LogP contribution is -2.10. The Balaban J connectivity index is 2.40. The maximum atomic E-state index is 9.08. The second kappa shape index (κ2) is 3.64. The van der Waals surface area contributed by atoms with Gasteiger partial charge in [-0.05, 0) is 11.6 Å².